The summed E-state index contributed by atoms with van der Waals surface area (Å²) in [7, 11) is 0. The Hall–Kier alpha value is -1.72. The fourth-order valence-corrected chi connectivity index (χ4v) is 1.39. The maximum absolute atomic E-state index is 9.23. The molecule has 5 heteroatoms. The van der Waals surface area contributed by atoms with Crippen LogP contribution in [0.5, 0.6) is 0 Å². The highest BCUT2D eigenvalue weighted by molar-refractivity contribution is 5.15. The maximum Gasteiger partial charge on any atom is 0.177 e. The zero-order valence-corrected chi connectivity index (χ0v) is 8.11. The molecule has 1 heterocycles. The minimum atomic E-state index is -1.09. The highest BCUT2D eigenvalue weighted by Crippen LogP contribution is 2.07. The van der Waals surface area contributed by atoms with Crippen LogP contribution >= 0.6 is 0 Å². The fraction of sp³-hybridized carbons (Fsp3) is 0.200. The first-order chi connectivity index (χ1) is 7.27. The summed E-state index contributed by atoms with van der Waals surface area (Å²) in [6.07, 6.45) is 0.467. The fourth-order valence-electron chi connectivity index (χ4n) is 1.39. The Labute approximate surface area is 87.2 Å². The Morgan fingerprint density at radius 2 is 2.07 bits per heavy atom. The van der Waals surface area contributed by atoms with Crippen molar-refractivity contribution in [2.24, 2.45) is 5.73 Å². The number of nitrogens with zero attached hydrogens (tertiary/aromatic N) is 3. The monoisotopic (exact) mass is 204 g/mol. The van der Waals surface area contributed by atoms with E-state index in [0.29, 0.717) is 12.4 Å². The molecule has 0 saturated carbocycles. The number of nitrogens with two attached hydrogens (primary N) is 1. The summed E-state index contributed by atoms with van der Waals surface area (Å²) in [4.78, 5) is 0. The van der Waals surface area contributed by atoms with E-state index in [1.807, 2.05) is 30.3 Å². The molecule has 3 N–H and O–H groups in total. The van der Waals surface area contributed by atoms with E-state index in [4.69, 9.17) is 5.73 Å². The first kappa shape index (κ1) is 9.82. The SMILES string of the molecule is NC(O)c1nncn1Cc1ccccc1. The molecule has 1 unspecified atom stereocenters. The van der Waals surface area contributed by atoms with Crippen LogP contribution in [0.15, 0.2) is 36.7 Å². The van der Waals surface area contributed by atoms with Gasteiger partial charge in [-0.1, -0.05) is 30.3 Å². The van der Waals surface area contributed by atoms with Gasteiger partial charge in [-0.15, -0.1) is 10.2 Å². The van der Waals surface area contributed by atoms with Crippen LogP contribution in [-0.4, -0.2) is 19.9 Å². The van der Waals surface area contributed by atoms with E-state index < -0.39 is 6.23 Å². The van der Waals surface area contributed by atoms with Crippen LogP contribution in [-0.2, 0) is 6.54 Å². The van der Waals surface area contributed by atoms with Gasteiger partial charge in [0.05, 0.1) is 6.54 Å². The van der Waals surface area contributed by atoms with Crippen molar-refractivity contribution in [3.8, 4) is 0 Å². The molecule has 1 aromatic carbocycles. The molecule has 0 radical (unpaired) electrons. The van der Waals surface area contributed by atoms with Crippen LogP contribution in [0.4, 0.5) is 0 Å². The summed E-state index contributed by atoms with van der Waals surface area (Å²) in [5, 5.41) is 16.7. The van der Waals surface area contributed by atoms with Gasteiger partial charge in [-0.05, 0) is 5.56 Å². The van der Waals surface area contributed by atoms with E-state index >= 15 is 0 Å². The Kier molecular flexibility index (Phi) is 2.75. The predicted octanol–water partition coefficient (Wildman–Crippen LogP) is 0.276. The van der Waals surface area contributed by atoms with Gasteiger partial charge in [0, 0.05) is 0 Å². The molecule has 2 aromatic rings. The number of hydrogen-bond acceptors (Lipinski definition) is 4. The molecule has 1 atom stereocenters. The smallest absolute Gasteiger partial charge is 0.177 e. The number of hydrogen-bond donors (Lipinski definition) is 2. The largest absolute Gasteiger partial charge is 0.371 e. The molecule has 15 heavy (non-hydrogen) atoms. The van der Waals surface area contributed by atoms with Crippen LogP contribution in [0, 0.1) is 0 Å². The molecule has 5 nitrogen and oxygen atoms in total. The summed E-state index contributed by atoms with van der Waals surface area (Å²) in [6.45, 7) is 0.609. The van der Waals surface area contributed by atoms with Crippen molar-refractivity contribution in [2.45, 2.75) is 12.8 Å². The number of rotatable bonds is 3. The van der Waals surface area contributed by atoms with Gasteiger partial charge in [-0.2, -0.15) is 0 Å². The Bertz CT molecular complexity index is 424. The molecule has 0 fully saturated rings. The van der Waals surface area contributed by atoms with E-state index in [2.05, 4.69) is 10.2 Å². The highest BCUT2D eigenvalue weighted by atomic mass is 16.3. The lowest BCUT2D eigenvalue weighted by Crippen LogP contribution is -2.16. The third-order valence-electron chi connectivity index (χ3n) is 2.11. The molecule has 78 valence electrons. The van der Waals surface area contributed by atoms with Crippen molar-refractivity contribution >= 4 is 0 Å². The summed E-state index contributed by atoms with van der Waals surface area (Å²) in [5.74, 6) is 0.374. The number of aliphatic hydroxyl groups is 1. The standard InChI is InChI=1S/C10H12N4O/c11-9(15)10-13-12-7-14(10)6-8-4-2-1-3-5-8/h1-5,7,9,15H,6,11H2. The molecule has 0 aliphatic rings. The molecular formula is C10H12N4O. The average molecular weight is 204 g/mol. The molecule has 1 aromatic heterocycles. The lowest BCUT2D eigenvalue weighted by atomic mass is 10.2. The van der Waals surface area contributed by atoms with Gasteiger partial charge in [0.1, 0.15) is 6.33 Å². The third kappa shape index (κ3) is 2.20. The summed E-state index contributed by atoms with van der Waals surface area (Å²) < 4.78 is 1.72. The van der Waals surface area contributed by atoms with Gasteiger partial charge in [-0.3, -0.25) is 5.73 Å². The summed E-state index contributed by atoms with van der Waals surface area (Å²) in [6, 6.07) is 9.85. The predicted molar refractivity (Wildman–Crippen MR) is 54.7 cm³/mol. The first-order valence-electron chi connectivity index (χ1n) is 4.62. The van der Waals surface area contributed by atoms with Crippen LogP contribution in [0.2, 0.25) is 0 Å². The van der Waals surface area contributed by atoms with E-state index in [9.17, 15) is 5.11 Å². The van der Waals surface area contributed by atoms with Gasteiger partial charge < -0.3 is 9.67 Å². The second-order valence-corrected chi connectivity index (χ2v) is 3.25. The molecule has 0 saturated heterocycles. The van der Waals surface area contributed by atoms with Gasteiger partial charge >= 0.3 is 0 Å². The van der Waals surface area contributed by atoms with E-state index in [1.54, 1.807) is 10.9 Å². The number of aromatic nitrogens is 3. The quantitative estimate of drug-likeness (QED) is 0.704. The normalized spacial score (nSPS) is 12.7. The Morgan fingerprint density at radius 1 is 1.33 bits per heavy atom. The molecule has 0 bridgehead atoms. The van der Waals surface area contributed by atoms with Crippen LogP contribution in [0.1, 0.15) is 17.6 Å². The number of benzene rings is 1. The lowest BCUT2D eigenvalue weighted by Gasteiger charge is -2.07. The zero-order chi connectivity index (χ0) is 10.7. The second kappa shape index (κ2) is 4.20. The van der Waals surface area contributed by atoms with Gasteiger partial charge in [-0.25, -0.2) is 0 Å². The van der Waals surface area contributed by atoms with Crippen molar-refractivity contribution in [3.05, 3.63) is 48.0 Å². The van der Waals surface area contributed by atoms with Crippen LogP contribution in [0.25, 0.3) is 0 Å². The number of aliphatic hydroxyl groups excluding tert-OH is 1. The molecule has 2 rings (SSSR count). The van der Waals surface area contributed by atoms with Crippen molar-refractivity contribution in [3.63, 3.8) is 0 Å². The lowest BCUT2D eigenvalue weighted by molar-refractivity contribution is 0.171. The zero-order valence-electron chi connectivity index (χ0n) is 8.11. The molecule has 0 aliphatic heterocycles. The Morgan fingerprint density at radius 3 is 2.73 bits per heavy atom. The van der Waals surface area contributed by atoms with Crippen LogP contribution < -0.4 is 5.73 Å². The van der Waals surface area contributed by atoms with Crippen LogP contribution in [0.3, 0.4) is 0 Å². The van der Waals surface area contributed by atoms with Crippen molar-refractivity contribution in [2.75, 3.05) is 0 Å². The first-order valence-corrected chi connectivity index (χ1v) is 4.62. The molecule has 0 aliphatic carbocycles. The van der Waals surface area contributed by atoms with Crippen molar-refractivity contribution in [1.29, 1.82) is 0 Å². The summed E-state index contributed by atoms with van der Waals surface area (Å²) >= 11 is 0. The van der Waals surface area contributed by atoms with Gasteiger partial charge in [0.15, 0.2) is 12.1 Å². The van der Waals surface area contributed by atoms with E-state index in [0.717, 1.165) is 5.56 Å². The highest BCUT2D eigenvalue weighted by Gasteiger charge is 2.09. The van der Waals surface area contributed by atoms with Gasteiger partial charge in [0.2, 0.25) is 0 Å². The summed E-state index contributed by atoms with van der Waals surface area (Å²) in [5.41, 5.74) is 6.46. The average Bonchev–Trinajstić information content (AvgIpc) is 2.67. The van der Waals surface area contributed by atoms with E-state index in [-0.39, 0.29) is 0 Å². The Balaban J connectivity index is 2.21. The molecule has 0 amide bonds. The molecule has 0 spiro atoms. The minimum Gasteiger partial charge on any atom is -0.371 e. The maximum atomic E-state index is 9.23. The minimum absolute atomic E-state index is 0.374. The second-order valence-electron chi connectivity index (χ2n) is 3.25. The van der Waals surface area contributed by atoms with Crippen molar-refractivity contribution in [1.82, 2.24) is 14.8 Å². The third-order valence-corrected chi connectivity index (χ3v) is 2.11. The van der Waals surface area contributed by atoms with E-state index in [1.165, 1.54) is 0 Å². The van der Waals surface area contributed by atoms with Crippen molar-refractivity contribution < 1.29 is 5.11 Å². The topological polar surface area (TPSA) is 77.0 Å². The van der Waals surface area contributed by atoms with Gasteiger partial charge in [0.25, 0.3) is 0 Å². The molecular weight excluding hydrogens is 192 g/mol.